The molecule has 0 aromatic heterocycles. The molecule has 0 radical (unpaired) electrons. The van der Waals surface area contributed by atoms with Crippen LogP contribution in [0.15, 0.2) is 36.5 Å². The van der Waals surface area contributed by atoms with Crippen LogP contribution in [-0.2, 0) is 4.79 Å². The van der Waals surface area contributed by atoms with Crippen molar-refractivity contribution in [1.82, 2.24) is 0 Å². The molecule has 0 aromatic carbocycles. The van der Waals surface area contributed by atoms with Gasteiger partial charge >= 0.3 is 51.4 Å². The van der Waals surface area contributed by atoms with Crippen molar-refractivity contribution in [3.05, 3.63) is 36.5 Å². The molecule has 0 aliphatic carbocycles. The molecule has 0 aliphatic rings. The first-order valence-electron chi connectivity index (χ1n) is 7.99. The molecule has 120 valence electrons. The number of carbonyl (C=O) groups is 1. The van der Waals surface area contributed by atoms with E-state index in [0.717, 1.165) is 38.5 Å². The van der Waals surface area contributed by atoms with Crippen molar-refractivity contribution >= 4 is 5.97 Å². The first-order valence-corrected chi connectivity index (χ1v) is 7.99. The molecule has 0 aliphatic heterocycles. The van der Waals surface area contributed by atoms with Crippen molar-refractivity contribution in [2.24, 2.45) is 0 Å². The molecule has 1 unspecified atom stereocenters. The number of unbranched alkanes of at least 4 members (excludes halogenated alkanes) is 2. The minimum Gasteiger partial charge on any atom is -0.550 e. The van der Waals surface area contributed by atoms with Gasteiger partial charge in [0.05, 0.1) is 6.10 Å². The first-order chi connectivity index (χ1) is 10.2. The van der Waals surface area contributed by atoms with E-state index >= 15 is 0 Å². The summed E-state index contributed by atoms with van der Waals surface area (Å²) < 4.78 is 0. The smallest absolute Gasteiger partial charge is 0.550 e. The molecular weight excluding hydrogens is 303 g/mol. The molecule has 0 aromatic rings. The maximum absolute atomic E-state index is 10.2. The number of carboxylic acids is 1. The fourth-order valence-corrected chi connectivity index (χ4v) is 1.91. The third-order valence-corrected chi connectivity index (χ3v) is 3.11. The molecule has 0 saturated heterocycles. The third-order valence-electron chi connectivity index (χ3n) is 3.11. The van der Waals surface area contributed by atoms with Gasteiger partial charge in [0.15, 0.2) is 0 Å². The molecule has 0 fully saturated rings. The predicted molar refractivity (Wildman–Crippen MR) is 85.7 cm³/mol. The maximum Gasteiger partial charge on any atom is 1.00 e. The van der Waals surface area contributed by atoms with Gasteiger partial charge in [-0.2, -0.15) is 0 Å². The summed E-state index contributed by atoms with van der Waals surface area (Å²) >= 11 is 0. The van der Waals surface area contributed by atoms with Crippen LogP contribution in [0.4, 0.5) is 0 Å². The van der Waals surface area contributed by atoms with E-state index < -0.39 is 5.97 Å². The zero-order valence-electron chi connectivity index (χ0n) is 14.2. The first kappa shape index (κ1) is 24.5. The van der Waals surface area contributed by atoms with Crippen LogP contribution in [0.3, 0.4) is 0 Å². The van der Waals surface area contributed by atoms with Crippen molar-refractivity contribution in [2.45, 2.75) is 70.8 Å². The minimum absolute atomic E-state index is 0. The second-order valence-corrected chi connectivity index (χ2v) is 5.15. The summed E-state index contributed by atoms with van der Waals surface area (Å²) in [5.41, 5.74) is 0. The zero-order chi connectivity index (χ0) is 15.8. The van der Waals surface area contributed by atoms with E-state index in [1.807, 2.05) is 6.08 Å². The van der Waals surface area contributed by atoms with E-state index in [1.54, 1.807) is 0 Å². The maximum atomic E-state index is 10.2. The fourth-order valence-electron chi connectivity index (χ4n) is 1.91. The Morgan fingerprint density at radius 1 is 1.00 bits per heavy atom. The zero-order valence-corrected chi connectivity index (χ0v) is 17.3. The van der Waals surface area contributed by atoms with Gasteiger partial charge < -0.3 is 15.0 Å². The summed E-state index contributed by atoms with van der Waals surface area (Å²) in [5.74, 6) is -0.989. The second kappa shape index (κ2) is 19.3. The van der Waals surface area contributed by atoms with Gasteiger partial charge in [0.25, 0.3) is 0 Å². The van der Waals surface area contributed by atoms with Crippen LogP contribution < -0.4 is 56.5 Å². The average molecular weight is 333 g/mol. The van der Waals surface area contributed by atoms with E-state index in [9.17, 15) is 15.0 Å². The summed E-state index contributed by atoms with van der Waals surface area (Å²) in [7, 11) is 0. The Morgan fingerprint density at radius 2 is 1.59 bits per heavy atom. The van der Waals surface area contributed by atoms with Gasteiger partial charge in [-0.05, 0) is 44.9 Å². The monoisotopic (exact) mass is 332 g/mol. The Bertz CT molecular complexity index is 335. The summed E-state index contributed by atoms with van der Waals surface area (Å²) in [5, 5.41) is 20.0. The largest absolute Gasteiger partial charge is 1.00 e. The van der Waals surface area contributed by atoms with Crippen LogP contribution in [0, 0.1) is 0 Å². The molecule has 0 saturated carbocycles. The number of hydrogen-bond donors (Lipinski definition) is 1. The van der Waals surface area contributed by atoms with E-state index in [2.05, 4.69) is 37.3 Å². The molecule has 0 amide bonds. The Labute approximate surface area is 178 Å². The fraction of sp³-hybridized carbons (Fsp3) is 0.611. The van der Waals surface area contributed by atoms with Gasteiger partial charge in [-0.15, -0.1) is 0 Å². The summed E-state index contributed by atoms with van der Waals surface area (Å²) in [6.45, 7) is 2.12. The molecule has 3 nitrogen and oxygen atoms in total. The van der Waals surface area contributed by atoms with Gasteiger partial charge in [-0.1, -0.05) is 56.2 Å². The van der Waals surface area contributed by atoms with E-state index in [-0.39, 0.29) is 63.9 Å². The minimum atomic E-state index is -0.989. The van der Waals surface area contributed by atoms with Crippen LogP contribution in [0.2, 0.25) is 0 Å². The molecule has 22 heavy (non-hydrogen) atoms. The van der Waals surface area contributed by atoms with Gasteiger partial charge in [-0.3, -0.25) is 0 Å². The average Bonchev–Trinajstić information content (AvgIpc) is 2.45. The Hall–Kier alpha value is 0.286. The number of carboxylic acid groups (broad SMARTS) is 1. The van der Waals surface area contributed by atoms with Crippen LogP contribution in [0.25, 0.3) is 0 Å². The molecule has 0 heterocycles. The van der Waals surface area contributed by atoms with Crippen molar-refractivity contribution in [3.8, 4) is 0 Å². The van der Waals surface area contributed by atoms with E-state index in [0.29, 0.717) is 12.8 Å². The molecule has 0 bridgehead atoms. The molecule has 1 N–H and O–H groups in total. The van der Waals surface area contributed by atoms with Crippen molar-refractivity contribution in [2.75, 3.05) is 0 Å². The number of hydrogen-bond acceptors (Lipinski definition) is 3. The number of aliphatic hydroxyl groups is 1. The van der Waals surface area contributed by atoms with E-state index in [1.165, 1.54) is 0 Å². The number of carbonyl (C=O) groups excluding carboxylic acids is 1. The number of aliphatic carboxylic acids is 1. The molecule has 1 atom stereocenters. The van der Waals surface area contributed by atoms with Crippen molar-refractivity contribution in [1.29, 1.82) is 0 Å². The molecule has 0 spiro atoms. The normalized spacial score (nSPS) is 13.0. The van der Waals surface area contributed by atoms with Crippen LogP contribution >= 0.6 is 0 Å². The predicted octanol–water partition coefficient (Wildman–Crippen LogP) is 0.301. The Morgan fingerprint density at radius 3 is 2.18 bits per heavy atom. The van der Waals surface area contributed by atoms with Crippen LogP contribution in [0.5, 0.6) is 0 Å². The standard InChI is InChI=1S/C18H30O3.K/c1-2-3-4-5-6-7-8-9-11-14-17(19)15-12-10-13-16-18(20)21;/h3-4,6-7,9,11,17,19H,2,5,8,10,12-16H2,1H3,(H,20,21);/q;+1/p-1/b4-3-,7-6-,11-9-;. The molecule has 0 rings (SSSR count). The quantitative estimate of drug-likeness (QED) is 0.300. The summed E-state index contributed by atoms with van der Waals surface area (Å²) in [6, 6.07) is 0. The van der Waals surface area contributed by atoms with Gasteiger partial charge in [0, 0.05) is 5.97 Å². The van der Waals surface area contributed by atoms with Gasteiger partial charge in [0.2, 0.25) is 0 Å². The van der Waals surface area contributed by atoms with Crippen molar-refractivity contribution < 1.29 is 66.4 Å². The summed E-state index contributed by atoms with van der Waals surface area (Å²) in [4.78, 5) is 10.2. The molecule has 4 heteroatoms. The Balaban J connectivity index is 0. The summed E-state index contributed by atoms with van der Waals surface area (Å²) in [6.07, 6.45) is 19.2. The van der Waals surface area contributed by atoms with E-state index in [4.69, 9.17) is 0 Å². The van der Waals surface area contributed by atoms with Crippen molar-refractivity contribution in [3.63, 3.8) is 0 Å². The van der Waals surface area contributed by atoms with Crippen LogP contribution in [0.1, 0.15) is 64.7 Å². The van der Waals surface area contributed by atoms with Gasteiger partial charge in [0.1, 0.15) is 0 Å². The topological polar surface area (TPSA) is 60.4 Å². The number of allylic oxidation sites excluding steroid dienone is 5. The van der Waals surface area contributed by atoms with Crippen LogP contribution in [-0.4, -0.2) is 17.2 Å². The Kier molecular flexibility index (Phi) is 21.6. The number of rotatable bonds is 13. The second-order valence-electron chi connectivity index (χ2n) is 5.15. The molecular formula is C18H29KO3. The SMILES string of the molecule is CC/C=C\C/C=C\C/C=C\CC(O)CCCCCC(=O)[O-].[K+]. The number of aliphatic hydroxyl groups excluding tert-OH is 1. The van der Waals surface area contributed by atoms with Gasteiger partial charge in [-0.25, -0.2) is 0 Å². The third kappa shape index (κ3) is 20.3.